The molecule has 0 unspecified atom stereocenters. The third-order valence-corrected chi connectivity index (χ3v) is 1.02. The highest BCUT2D eigenvalue weighted by atomic mass is 32.2. The molecule has 4 heteroatoms. The van der Waals surface area contributed by atoms with Gasteiger partial charge in [-0.15, -0.1) is 0 Å². The van der Waals surface area contributed by atoms with E-state index in [2.05, 4.69) is 21.6 Å². The molecule has 0 aromatic rings. The van der Waals surface area contributed by atoms with Gasteiger partial charge in [-0.2, -0.15) is 0 Å². The summed E-state index contributed by atoms with van der Waals surface area (Å²) in [7, 11) is 1.67. The lowest BCUT2D eigenvalue weighted by Crippen LogP contribution is -1.67. The molecule has 0 radical (unpaired) electrons. The number of aliphatic imine (C=N–C) groups is 3. The van der Waals surface area contributed by atoms with Crippen molar-refractivity contribution in [3.05, 3.63) is 12.8 Å². The van der Waals surface area contributed by atoms with E-state index in [1.54, 1.807) is 18.1 Å². The third-order valence-electron chi connectivity index (χ3n) is 0.531. The van der Waals surface area contributed by atoms with Gasteiger partial charge in [0.05, 0.1) is 11.1 Å². The Morgan fingerprint density at radius 2 is 2.00 bits per heavy atom. The van der Waals surface area contributed by atoms with E-state index in [0.717, 1.165) is 0 Å². The molecule has 0 aliphatic carbocycles. The van der Waals surface area contributed by atoms with Gasteiger partial charge in [-0.3, -0.25) is 9.98 Å². The SMILES string of the molecule is C=CN=CSC=NC=NC. The van der Waals surface area contributed by atoms with E-state index in [1.807, 2.05) is 0 Å². The van der Waals surface area contributed by atoms with Crippen molar-refractivity contribution in [3.8, 4) is 0 Å². The van der Waals surface area contributed by atoms with Crippen molar-refractivity contribution in [3.63, 3.8) is 0 Å². The van der Waals surface area contributed by atoms with Crippen LogP contribution >= 0.6 is 11.8 Å². The number of thioether (sulfide) groups is 1. The maximum Gasteiger partial charge on any atom is 0.110 e. The molecule has 3 nitrogen and oxygen atoms in total. The second-order valence-electron chi connectivity index (χ2n) is 1.20. The van der Waals surface area contributed by atoms with Gasteiger partial charge >= 0.3 is 0 Å². The largest absolute Gasteiger partial charge is 0.277 e. The first kappa shape index (κ1) is 9.10. The van der Waals surface area contributed by atoms with Gasteiger partial charge in [-0.25, -0.2) is 4.99 Å². The van der Waals surface area contributed by atoms with E-state index in [4.69, 9.17) is 0 Å². The molecule has 0 saturated heterocycles. The minimum absolute atomic E-state index is 1.37. The predicted octanol–water partition coefficient (Wildman–Crippen LogP) is 1.58. The summed E-state index contributed by atoms with van der Waals surface area (Å²) in [6.45, 7) is 3.41. The lowest BCUT2D eigenvalue weighted by atomic mass is 11.1. The van der Waals surface area contributed by atoms with E-state index in [1.165, 1.54) is 24.3 Å². The van der Waals surface area contributed by atoms with Crippen LogP contribution in [0.4, 0.5) is 0 Å². The van der Waals surface area contributed by atoms with Gasteiger partial charge in [-0.1, -0.05) is 18.3 Å². The van der Waals surface area contributed by atoms with E-state index in [0.29, 0.717) is 0 Å². The Morgan fingerprint density at radius 1 is 1.30 bits per heavy atom. The van der Waals surface area contributed by atoms with Crippen LogP contribution in [0.15, 0.2) is 27.8 Å². The van der Waals surface area contributed by atoms with Gasteiger partial charge in [-0.05, 0) is 0 Å². The highest BCUT2D eigenvalue weighted by Crippen LogP contribution is 1.86. The fourth-order valence-corrected chi connectivity index (χ4v) is 0.570. The molecule has 0 spiro atoms. The van der Waals surface area contributed by atoms with Gasteiger partial charge in [0.2, 0.25) is 0 Å². The van der Waals surface area contributed by atoms with Crippen molar-refractivity contribution < 1.29 is 0 Å². The van der Waals surface area contributed by atoms with Gasteiger partial charge in [0, 0.05) is 13.2 Å². The molecule has 54 valence electrons. The van der Waals surface area contributed by atoms with Gasteiger partial charge in [0.15, 0.2) is 0 Å². The van der Waals surface area contributed by atoms with E-state index >= 15 is 0 Å². The topological polar surface area (TPSA) is 37.1 Å². The molecule has 0 rings (SSSR count). The molecule has 0 heterocycles. The highest BCUT2D eigenvalue weighted by Gasteiger charge is 1.67. The Balaban J connectivity index is 3.34. The van der Waals surface area contributed by atoms with Crippen LogP contribution in [0.5, 0.6) is 0 Å². The smallest absolute Gasteiger partial charge is 0.110 e. The number of hydrogen-bond acceptors (Lipinski definition) is 3. The van der Waals surface area contributed by atoms with Crippen molar-refractivity contribution in [2.75, 3.05) is 7.05 Å². The van der Waals surface area contributed by atoms with Crippen LogP contribution in [-0.4, -0.2) is 24.5 Å². The Morgan fingerprint density at radius 3 is 2.60 bits per heavy atom. The Bertz CT molecular complexity index is 160. The number of hydrogen-bond donors (Lipinski definition) is 0. The lowest BCUT2D eigenvalue weighted by Gasteiger charge is -1.75. The summed E-state index contributed by atoms with van der Waals surface area (Å²) in [5, 5.41) is 0. The summed E-state index contributed by atoms with van der Waals surface area (Å²) in [6.07, 6.45) is 2.93. The summed E-state index contributed by atoms with van der Waals surface area (Å²) in [6, 6.07) is 0. The normalized spacial score (nSPS) is 12.1. The van der Waals surface area contributed by atoms with Crippen LogP contribution in [0.3, 0.4) is 0 Å². The monoisotopic (exact) mass is 155 g/mol. The minimum Gasteiger partial charge on any atom is -0.277 e. The zero-order valence-corrected chi connectivity index (χ0v) is 6.58. The zero-order valence-electron chi connectivity index (χ0n) is 5.77. The zero-order chi connectivity index (χ0) is 7.66. The van der Waals surface area contributed by atoms with Crippen LogP contribution < -0.4 is 0 Å². The van der Waals surface area contributed by atoms with Crippen LogP contribution in [0, 0.1) is 0 Å². The van der Waals surface area contributed by atoms with Crippen molar-refractivity contribution in [2.45, 2.75) is 0 Å². The molecule has 0 fully saturated rings. The van der Waals surface area contributed by atoms with E-state index in [-0.39, 0.29) is 0 Å². The Labute approximate surface area is 64.7 Å². The number of rotatable bonds is 4. The average Bonchev–Trinajstić information content (AvgIpc) is 1.97. The van der Waals surface area contributed by atoms with Crippen molar-refractivity contribution in [1.82, 2.24) is 0 Å². The molecular weight excluding hydrogens is 146 g/mol. The summed E-state index contributed by atoms with van der Waals surface area (Å²) < 4.78 is 0. The second kappa shape index (κ2) is 8.10. The van der Waals surface area contributed by atoms with Crippen LogP contribution in [0.25, 0.3) is 0 Å². The fourth-order valence-electron chi connectivity index (χ4n) is 0.234. The first-order valence-electron chi connectivity index (χ1n) is 2.62. The summed E-state index contributed by atoms with van der Waals surface area (Å²) >= 11 is 1.37. The summed E-state index contributed by atoms with van der Waals surface area (Å²) in [5.41, 5.74) is 3.28. The molecule has 0 bridgehead atoms. The Kier molecular flexibility index (Phi) is 7.37. The van der Waals surface area contributed by atoms with Crippen LogP contribution in [0.2, 0.25) is 0 Å². The molecule has 0 aliphatic rings. The van der Waals surface area contributed by atoms with E-state index in [9.17, 15) is 0 Å². The Hall–Kier alpha value is -0.900. The van der Waals surface area contributed by atoms with Gasteiger partial charge in [0.1, 0.15) is 6.34 Å². The molecule has 0 aromatic heterocycles. The minimum atomic E-state index is 1.37. The van der Waals surface area contributed by atoms with Gasteiger partial charge in [0.25, 0.3) is 0 Å². The standard InChI is InChI=1S/C6H9N3S/c1-3-8-5-10-6-9-4-7-2/h3-6H,1H2,2H3. The summed E-state index contributed by atoms with van der Waals surface area (Å²) in [4.78, 5) is 11.2. The molecule has 0 saturated carbocycles. The molecule has 0 amide bonds. The maximum absolute atomic E-state index is 3.78. The molecule has 10 heavy (non-hydrogen) atoms. The molecular formula is C6H9N3S. The molecule has 0 N–H and O–H groups in total. The van der Waals surface area contributed by atoms with Crippen molar-refractivity contribution >= 4 is 29.2 Å². The van der Waals surface area contributed by atoms with Gasteiger partial charge < -0.3 is 0 Å². The quantitative estimate of drug-likeness (QED) is 0.448. The van der Waals surface area contributed by atoms with E-state index < -0.39 is 0 Å². The highest BCUT2D eigenvalue weighted by molar-refractivity contribution is 8.23. The van der Waals surface area contributed by atoms with Crippen LogP contribution in [-0.2, 0) is 0 Å². The number of nitrogens with zero attached hydrogens (tertiary/aromatic N) is 3. The summed E-state index contributed by atoms with van der Waals surface area (Å²) in [5.74, 6) is 0. The first-order chi connectivity index (χ1) is 4.91. The third kappa shape index (κ3) is 7.10. The molecule has 0 aromatic carbocycles. The predicted molar refractivity (Wildman–Crippen MR) is 49.2 cm³/mol. The fraction of sp³-hybridized carbons (Fsp3) is 0.167. The van der Waals surface area contributed by atoms with Crippen molar-refractivity contribution in [1.29, 1.82) is 0 Å². The second-order valence-corrected chi connectivity index (χ2v) is 1.90. The molecule has 0 aliphatic heterocycles. The lowest BCUT2D eigenvalue weighted by molar-refractivity contribution is 1.45. The van der Waals surface area contributed by atoms with Crippen LogP contribution in [0.1, 0.15) is 0 Å². The molecule has 0 atom stereocenters. The maximum atomic E-state index is 3.78. The van der Waals surface area contributed by atoms with Crippen molar-refractivity contribution in [2.24, 2.45) is 15.0 Å². The average molecular weight is 155 g/mol. The first-order valence-corrected chi connectivity index (χ1v) is 3.56.